The lowest BCUT2D eigenvalue weighted by molar-refractivity contribution is 0.102. The molecule has 7 aromatic heterocycles. The predicted molar refractivity (Wildman–Crippen MR) is 373 cm³/mol. The molecule has 0 spiro atoms. The van der Waals surface area contributed by atoms with Crippen LogP contribution in [0.2, 0.25) is 0 Å². The number of nitrogens with zero attached hydrogens (tertiary/aromatic N) is 7. The minimum absolute atomic E-state index is 0.126. The second-order valence-corrected chi connectivity index (χ2v) is 20.6. The average Bonchev–Trinajstić information content (AvgIpc) is 4.33. The van der Waals surface area contributed by atoms with Crippen molar-refractivity contribution < 1.29 is 14.8 Å². The van der Waals surface area contributed by atoms with Gasteiger partial charge in [0.25, 0.3) is 0 Å². The lowest BCUT2D eigenvalue weighted by atomic mass is 9.81. The van der Waals surface area contributed by atoms with Crippen molar-refractivity contribution in [1.29, 1.82) is 0 Å². The number of hydrogen-bond acceptors (Lipinski definition) is 8. The number of Topliss-reactive ketones (excluding diaryl/α,β-unsaturated/α-hetero) is 1. The van der Waals surface area contributed by atoms with Gasteiger partial charge in [0.2, 0.25) is 0 Å². The molecule has 0 bridgehead atoms. The van der Waals surface area contributed by atoms with Gasteiger partial charge in [-0.2, -0.15) is 0 Å². The summed E-state index contributed by atoms with van der Waals surface area (Å²) in [5, 5.41) is 17.7. The number of nitrogen functional groups attached to an aromatic ring is 1. The molecular formula is C64H51BBr3I3N8O3. The minimum atomic E-state index is -1.37. The Labute approximate surface area is 538 Å². The molecule has 0 aliphatic rings. The zero-order valence-electron chi connectivity index (χ0n) is 43.5. The highest BCUT2D eigenvalue weighted by atomic mass is 128. The number of alkyl halides is 1. The van der Waals surface area contributed by atoms with Crippen LogP contribution in [0, 0.1) is 3.70 Å². The molecule has 82 heavy (non-hydrogen) atoms. The highest BCUT2D eigenvalue weighted by molar-refractivity contribution is 15.0. The van der Waals surface area contributed by atoms with E-state index in [2.05, 4.69) is 198 Å². The number of halogens is 6. The van der Waals surface area contributed by atoms with Gasteiger partial charge < -0.3 is 20.2 Å². The molecule has 0 saturated carbocycles. The molecule has 4 N–H and O–H groups in total. The maximum absolute atomic E-state index is 11.0. The highest BCUT2D eigenvalue weighted by Gasteiger charge is 2.16. The number of imidazole rings is 3. The van der Waals surface area contributed by atoms with Crippen molar-refractivity contribution in [2.75, 3.05) is 11.1 Å². The van der Waals surface area contributed by atoms with E-state index in [1.165, 1.54) is 0 Å². The Morgan fingerprint density at radius 2 is 0.963 bits per heavy atom. The van der Waals surface area contributed by atoms with E-state index in [9.17, 15) is 4.79 Å². The van der Waals surface area contributed by atoms with Crippen LogP contribution in [0.1, 0.15) is 10.4 Å². The number of carbonyl (C=O) groups is 1. The van der Waals surface area contributed by atoms with Crippen molar-refractivity contribution in [2.24, 2.45) is 0 Å². The van der Waals surface area contributed by atoms with Gasteiger partial charge >= 0.3 is 7.12 Å². The van der Waals surface area contributed by atoms with E-state index in [1.54, 1.807) is 36.5 Å². The van der Waals surface area contributed by atoms with Crippen LogP contribution in [0.3, 0.4) is 0 Å². The fraction of sp³-hybridized carbons (Fsp3) is 0.0156. The molecule has 0 amide bonds. The SMILES string of the molecule is Brc1ccc(-c2c(-c3ccccc3)nc3ccccn23)cc1.II.Ic1c(-c2ccccc2)nc2ccccn12.Nc1ccccn1.O=C(CBr)c1ccccc1.OB(O)c1ccc(Br)cc1.c1ccc(-c2cn3ccccc3n2)cc1. The monoisotopic (exact) mass is 1610 g/mol. The number of anilines is 1. The molecule has 0 unspecified atom stereocenters. The molecule has 7 heterocycles. The molecule has 0 saturated heterocycles. The van der Waals surface area contributed by atoms with E-state index in [0.717, 1.165) is 80.2 Å². The van der Waals surface area contributed by atoms with Gasteiger partial charge in [-0.05, 0) is 101 Å². The lowest BCUT2D eigenvalue weighted by Gasteiger charge is -2.06. The Hall–Kier alpha value is -6.38. The zero-order valence-corrected chi connectivity index (χ0v) is 54.8. The smallest absolute Gasteiger partial charge is 0.423 e. The van der Waals surface area contributed by atoms with Crippen molar-refractivity contribution in [1.82, 2.24) is 33.1 Å². The molecule has 18 heteroatoms. The molecule has 0 aliphatic carbocycles. The quantitative estimate of drug-likeness (QED) is 0.0618. The maximum atomic E-state index is 11.0. The van der Waals surface area contributed by atoms with Gasteiger partial charge in [0.15, 0.2) is 5.78 Å². The Bertz CT molecular complexity index is 3950. The molecule has 0 radical (unpaired) electrons. The second-order valence-electron chi connectivity index (χ2n) is 17.2. The van der Waals surface area contributed by atoms with E-state index < -0.39 is 7.12 Å². The largest absolute Gasteiger partial charge is 0.488 e. The third-order valence-corrected chi connectivity index (χ3v) is 14.3. The predicted octanol–water partition coefficient (Wildman–Crippen LogP) is 16.9. The maximum Gasteiger partial charge on any atom is 0.488 e. The van der Waals surface area contributed by atoms with Gasteiger partial charge in [-0.3, -0.25) is 13.6 Å². The van der Waals surface area contributed by atoms with Crippen LogP contribution >= 0.6 is 108 Å². The normalized spacial score (nSPS) is 10.1. The number of fused-ring (bicyclic) bond motifs is 3. The first-order chi connectivity index (χ1) is 40.1. The van der Waals surface area contributed by atoms with Crippen LogP contribution < -0.4 is 11.2 Å². The summed E-state index contributed by atoms with van der Waals surface area (Å²) >= 11 is 16.4. The molecule has 13 rings (SSSR count). The number of carbonyl (C=O) groups excluding carboxylic acids is 1. The van der Waals surface area contributed by atoms with Gasteiger partial charge in [0, 0.05) is 105 Å². The summed E-state index contributed by atoms with van der Waals surface area (Å²) in [6.07, 6.45) is 9.82. The van der Waals surface area contributed by atoms with Crippen LogP contribution in [0.15, 0.2) is 283 Å². The van der Waals surface area contributed by atoms with Crippen LogP contribution in [0.4, 0.5) is 5.82 Å². The molecule has 410 valence electrons. The molecular weight excluding hydrogens is 1560 g/mol. The summed E-state index contributed by atoms with van der Waals surface area (Å²) in [6, 6.07) is 78.8. The summed E-state index contributed by atoms with van der Waals surface area (Å²) in [6.45, 7) is 0. The van der Waals surface area contributed by atoms with E-state index in [1.807, 2.05) is 175 Å². The van der Waals surface area contributed by atoms with Gasteiger partial charge in [0.05, 0.1) is 22.4 Å². The minimum Gasteiger partial charge on any atom is -0.423 e. The summed E-state index contributed by atoms with van der Waals surface area (Å²) in [4.78, 5) is 28.7. The molecule has 0 fully saturated rings. The number of hydrogen-bond donors (Lipinski definition) is 3. The molecule has 11 nitrogen and oxygen atoms in total. The third kappa shape index (κ3) is 18.6. The molecule has 13 aromatic rings. The molecule has 0 aliphatic heterocycles. The van der Waals surface area contributed by atoms with Crippen molar-refractivity contribution in [3.63, 3.8) is 0 Å². The topological polar surface area (TPSA) is 148 Å². The van der Waals surface area contributed by atoms with E-state index in [0.29, 0.717) is 16.6 Å². The molecule has 6 aromatic carbocycles. The number of ketones is 1. The number of aromatic nitrogens is 7. The van der Waals surface area contributed by atoms with Crippen LogP contribution in [-0.4, -0.2) is 61.4 Å². The Morgan fingerprint density at radius 3 is 1.46 bits per heavy atom. The van der Waals surface area contributed by atoms with Crippen LogP contribution in [0.25, 0.3) is 62.0 Å². The second kappa shape index (κ2) is 33.7. The fourth-order valence-electron chi connectivity index (χ4n) is 7.82. The number of benzene rings is 6. The Balaban J connectivity index is 0.000000146. The summed E-state index contributed by atoms with van der Waals surface area (Å²) in [5.74, 6) is 0.697. The van der Waals surface area contributed by atoms with Crippen molar-refractivity contribution >= 4 is 149 Å². The third-order valence-electron chi connectivity index (χ3n) is 11.7. The Kier molecular flexibility index (Phi) is 25.9. The number of pyridine rings is 4. The van der Waals surface area contributed by atoms with Crippen molar-refractivity contribution in [3.05, 3.63) is 292 Å². The first-order valence-corrected chi connectivity index (χ1v) is 35.2. The lowest BCUT2D eigenvalue weighted by Crippen LogP contribution is -2.29. The first kappa shape index (κ1) is 63.2. The van der Waals surface area contributed by atoms with Crippen molar-refractivity contribution in [2.45, 2.75) is 0 Å². The number of rotatable bonds is 7. The number of nitrogens with two attached hydrogens (primary N) is 1. The van der Waals surface area contributed by atoms with Crippen LogP contribution in [-0.2, 0) is 0 Å². The summed E-state index contributed by atoms with van der Waals surface area (Å²) < 4.78 is 9.43. The van der Waals surface area contributed by atoms with Gasteiger partial charge in [0.1, 0.15) is 32.2 Å². The zero-order chi connectivity index (χ0) is 58.1. The summed E-state index contributed by atoms with van der Waals surface area (Å²) in [5.41, 5.74) is 18.2. The van der Waals surface area contributed by atoms with Gasteiger partial charge in [-0.25, -0.2) is 19.9 Å². The van der Waals surface area contributed by atoms with Gasteiger partial charge in [-0.15, -0.1) is 0 Å². The summed E-state index contributed by atoms with van der Waals surface area (Å²) in [7, 11) is -1.37. The molecule has 0 atom stereocenters. The van der Waals surface area contributed by atoms with Crippen LogP contribution in [0.5, 0.6) is 0 Å². The standard InChI is InChI=1S/C19H13BrN2.C13H9IN2.C13H10N2.C8H7BrO.C6H6BBrO2.C5H6N2.I2/c20-16-11-9-15(10-12-16)19-18(14-6-2-1-3-7-14)21-17-8-4-5-13-22(17)19;14-13-12(10-6-2-1-3-7-10)15-11-8-4-5-9-16(11)13;1-2-6-11(7-3-1)12-10-15-9-5-4-8-13(15)14-12;9-6-8(10)7-4-2-1-3-5-7;8-6-3-1-5(2-4-6)7(9)10;6-5-3-1-2-4-7-5;1-2/h1-13H;1-9H;1-10H;1-5H,6H2;1-4,9-10H;1-4H,(H2,6,7);. The first-order valence-electron chi connectivity index (χ1n) is 25.1. The highest BCUT2D eigenvalue weighted by Crippen LogP contribution is 2.33. The Morgan fingerprint density at radius 1 is 0.500 bits per heavy atom. The average molecular weight is 1610 g/mol. The van der Waals surface area contributed by atoms with E-state index in [4.69, 9.17) is 20.8 Å². The fourth-order valence-corrected chi connectivity index (χ4v) is 9.51. The van der Waals surface area contributed by atoms with E-state index >= 15 is 0 Å². The van der Waals surface area contributed by atoms with Gasteiger partial charge in [-0.1, -0.05) is 218 Å². The van der Waals surface area contributed by atoms with Crippen molar-refractivity contribution in [3.8, 4) is 45.0 Å². The van der Waals surface area contributed by atoms with E-state index in [-0.39, 0.29) is 5.78 Å².